The van der Waals surface area contributed by atoms with Gasteiger partial charge in [0.1, 0.15) is 0 Å². The first-order valence-electron chi connectivity index (χ1n) is 7.48. The lowest BCUT2D eigenvalue weighted by molar-refractivity contribution is 0.660. The average molecular weight is 280 g/mol. The van der Waals surface area contributed by atoms with E-state index in [-0.39, 0.29) is 5.41 Å². The van der Waals surface area contributed by atoms with Crippen LogP contribution in [0.25, 0.3) is 11.1 Å². The number of rotatable bonds is 1. The Morgan fingerprint density at radius 1 is 0.800 bits per heavy atom. The fourth-order valence-electron chi connectivity index (χ4n) is 3.32. The highest BCUT2D eigenvalue weighted by Crippen LogP contribution is 2.48. The molecule has 20 heavy (non-hydrogen) atoms. The second kappa shape index (κ2) is 4.08. The standard InChI is InChI=1S/C19H24Si/c1-13-7-9-15-16-10-8-14(20(4,5)6)12-18(16)19(2,3)17(15)11-13/h7-12H,1-6H3. The van der Waals surface area contributed by atoms with Crippen molar-refractivity contribution in [2.45, 2.75) is 45.8 Å². The minimum absolute atomic E-state index is 0.131. The third-order valence-corrected chi connectivity index (χ3v) is 6.74. The molecule has 1 heteroatoms. The average Bonchev–Trinajstić information content (AvgIpc) is 2.57. The Morgan fingerprint density at radius 3 is 1.95 bits per heavy atom. The second-order valence-electron chi connectivity index (χ2n) is 7.68. The normalized spacial score (nSPS) is 15.9. The van der Waals surface area contributed by atoms with Gasteiger partial charge in [-0.2, -0.15) is 0 Å². The van der Waals surface area contributed by atoms with E-state index in [0.717, 1.165) is 0 Å². The van der Waals surface area contributed by atoms with E-state index in [4.69, 9.17) is 0 Å². The lowest BCUT2D eigenvalue weighted by Gasteiger charge is -2.24. The molecule has 1 aliphatic rings. The molecule has 0 fully saturated rings. The molecule has 0 saturated carbocycles. The summed E-state index contributed by atoms with van der Waals surface area (Å²) in [7, 11) is -1.25. The topological polar surface area (TPSA) is 0 Å². The molecule has 0 amide bonds. The van der Waals surface area contributed by atoms with Crippen molar-refractivity contribution < 1.29 is 0 Å². The molecule has 0 saturated heterocycles. The van der Waals surface area contributed by atoms with E-state index in [1.54, 1.807) is 5.19 Å². The largest absolute Gasteiger partial charge is 0.0776 e. The van der Waals surface area contributed by atoms with Gasteiger partial charge in [-0.1, -0.05) is 80.6 Å². The molecule has 3 rings (SSSR count). The Balaban J connectivity index is 2.27. The van der Waals surface area contributed by atoms with E-state index in [1.165, 1.54) is 27.8 Å². The molecule has 0 bridgehead atoms. The van der Waals surface area contributed by atoms with Crippen LogP contribution in [0, 0.1) is 6.92 Å². The van der Waals surface area contributed by atoms with Gasteiger partial charge in [-0.05, 0) is 29.2 Å². The minimum atomic E-state index is -1.25. The molecular formula is C19H24Si. The fraction of sp³-hybridized carbons (Fsp3) is 0.368. The van der Waals surface area contributed by atoms with Gasteiger partial charge in [0.2, 0.25) is 0 Å². The van der Waals surface area contributed by atoms with E-state index in [2.05, 4.69) is 76.8 Å². The SMILES string of the molecule is Cc1ccc2c(c1)C(C)(C)c1cc([Si](C)(C)C)ccc1-2. The zero-order valence-corrected chi connectivity index (χ0v) is 14.5. The Labute approximate surface area is 123 Å². The van der Waals surface area contributed by atoms with Crippen molar-refractivity contribution in [1.82, 2.24) is 0 Å². The van der Waals surface area contributed by atoms with Gasteiger partial charge in [-0.15, -0.1) is 0 Å². The fourth-order valence-corrected chi connectivity index (χ4v) is 4.48. The smallest absolute Gasteiger partial charge is 0.0656 e. The van der Waals surface area contributed by atoms with Crippen LogP contribution in [0.5, 0.6) is 0 Å². The zero-order valence-electron chi connectivity index (χ0n) is 13.5. The molecule has 2 aromatic rings. The zero-order chi connectivity index (χ0) is 14.7. The summed E-state index contributed by atoms with van der Waals surface area (Å²) in [6.07, 6.45) is 0. The summed E-state index contributed by atoms with van der Waals surface area (Å²) < 4.78 is 0. The molecule has 0 aromatic heterocycles. The van der Waals surface area contributed by atoms with Crippen molar-refractivity contribution in [3.63, 3.8) is 0 Å². The predicted molar refractivity (Wildman–Crippen MR) is 91.7 cm³/mol. The van der Waals surface area contributed by atoms with Crippen LogP contribution in [-0.4, -0.2) is 8.07 Å². The van der Waals surface area contributed by atoms with Crippen molar-refractivity contribution >= 4 is 13.3 Å². The third-order valence-electron chi connectivity index (χ3n) is 4.70. The van der Waals surface area contributed by atoms with Crippen LogP contribution < -0.4 is 5.19 Å². The van der Waals surface area contributed by atoms with Gasteiger partial charge < -0.3 is 0 Å². The molecule has 0 unspecified atom stereocenters. The Bertz CT molecular complexity index is 687. The molecule has 0 radical (unpaired) electrons. The van der Waals surface area contributed by atoms with Gasteiger partial charge in [0.15, 0.2) is 0 Å². The van der Waals surface area contributed by atoms with Crippen LogP contribution >= 0.6 is 0 Å². The maximum atomic E-state index is 2.48. The van der Waals surface area contributed by atoms with Crippen LogP contribution in [0.4, 0.5) is 0 Å². The Hall–Kier alpha value is -1.34. The van der Waals surface area contributed by atoms with Crippen LogP contribution in [0.15, 0.2) is 36.4 Å². The number of hydrogen-bond acceptors (Lipinski definition) is 0. The molecule has 104 valence electrons. The maximum absolute atomic E-state index is 2.48. The van der Waals surface area contributed by atoms with Crippen molar-refractivity contribution in [3.8, 4) is 11.1 Å². The summed E-state index contributed by atoms with van der Waals surface area (Å²) >= 11 is 0. The summed E-state index contributed by atoms with van der Waals surface area (Å²) in [5.41, 5.74) is 7.35. The van der Waals surface area contributed by atoms with Gasteiger partial charge in [0.25, 0.3) is 0 Å². The molecule has 0 spiro atoms. The molecule has 0 nitrogen and oxygen atoms in total. The quantitative estimate of drug-likeness (QED) is 0.655. The van der Waals surface area contributed by atoms with Crippen molar-refractivity contribution in [2.75, 3.05) is 0 Å². The Morgan fingerprint density at radius 2 is 1.35 bits per heavy atom. The van der Waals surface area contributed by atoms with Gasteiger partial charge in [-0.3, -0.25) is 0 Å². The van der Waals surface area contributed by atoms with Crippen LogP contribution in [0.3, 0.4) is 0 Å². The van der Waals surface area contributed by atoms with Gasteiger partial charge in [-0.25, -0.2) is 0 Å². The number of hydrogen-bond donors (Lipinski definition) is 0. The predicted octanol–water partition coefficient (Wildman–Crippen LogP) is 4.85. The summed E-state index contributed by atoms with van der Waals surface area (Å²) in [5, 5.41) is 1.56. The van der Waals surface area contributed by atoms with E-state index in [0.29, 0.717) is 0 Å². The van der Waals surface area contributed by atoms with E-state index >= 15 is 0 Å². The van der Waals surface area contributed by atoms with Gasteiger partial charge in [0, 0.05) is 5.41 Å². The second-order valence-corrected chi connectivity index (χ2v) is 12.8. The summed E-state index contributed by atoms with van der Waals surface area (Å²) in [6.45, 7) is 14.2. The van der Waals surface area contributed by atoms with Crippen LogP contribution in [0.2, 0.25) is 19.6 Å². The minimum Gasteiger partial charge on any atom is -0.0656 e. The highest BCUT2D eigenvalue weighted by Gasteiger charge is 2.36. The lowest BCUT2D eigenvalue weighted by Crippen LogP contribution is -2.38. The summed E-state index contributed by atoms with van der Waals surface area (Å²) in [5.74, 6) is 0. The maximum Gasteiger partial charge on any atom is 0.0776 e. The van der Waals surface area contributed by atoms with Crippen molar-refractivity contribution in [3.05, 3.63) is 53.1 Å². The molecular weight excluding hydrogens is 256 g/mol. The number of aryl methyl sites for hydroxylation is 1. The van der Waals surface area contributed by atoms with Gasteiger partial charge in [0.05, 0.1) is 8.07 Å². The molecule has 0 aliphatic heterocycles. The number of fused-ring (bicyclic) bond motifs is 3. The first-order chi connectivity index (χ1) is 9.21. The highest BCUT2D eigenvalue weighted by molar-refractivity contribution is 6.88. The third kappa shape index (κ3) is 1.88. The molecule has 0 atom stereocenters. The Kier molecular flexibility index (Phi) is 2.78. The first kappa shape index (κ1) is 13.6. The van der Waals surface area contributed by atoms with E-state index in [1.807, 2.05) is 0 Å². The van der Waals surface area contributed by atoms with E-state index < -0.39 is 8.07 Å². The van der Waals surface area contributed by atoms with Crippen LogP contribution in [0.1, 0.15) is 30.5 Å². The number of benzene rings is 2. The van der Waals surface area contributed by atoms with Crippen LogP contribution in [-0.2, 0) is 5.41 Å². The van der Waals surface area contributed by atoms with Crippen molar-refractivity contribution in [2.24, 2.45) is 0 Å². The first-order valence-corrected chi connectivity index (χ1v) is 11.0. The summed E-state index contributed by atoms with van der Waals surface area (Å²) in [4.78, 5) is 0. The highest BCUT2D eigenvalue weighted by atomic mass is 28.3. The molecule has 0 heterocycles. The van der Waals surface area contributed by atoms with Gasteiger partial charge >= 0.3 is 0 Å². The monoisotopic (exact) mass is 280 g/mol. The molecule has 1 aliphatic carbocycles. The lowest BCUT2D eigenvalue weighted by atomic mass is 9.82. The van der Waals surface area contributed by atoms with E-state index in [9.17, 15) is 0 Å². The molecule has 2 aromatic carbocycles. The van der Waals surface area contributed by atoms with Crippen molar-refractivity contribution in [1.29, 1.82) is 0 Å². The molecule has 0 N–H and O–H groups in total. The summed E-state index contributed by atoms with van der Waals surface area (Å²) in [6, 6.07) is 14.1.